The molecule has 0 saturated carbocycles. The highest BCUT2D eigenvalue weighted by Gasteiger charge is 2.32. The number of fused-ring (bicyclic) bond motifs is 1. The Morgan fingerprint density at radius 2 is 2.10 bits per heavy atom. The first-order chi connectivity index (χ1) is 9.58. The van der Waals surface area contributed by atoms with Crippen molar-refractivity contribution in [2.75, 3.05) is 13.1 Å². The number of rotatable bonds is 2. The minimum Gasteiger partial charge on any atom is -0.481 e. The monoisotopic (exact) mass is 273 g/mol. The first kappa shape index (κ1) is 12.7. The second-order valence-corrected chi connectivity index (χ2v) is 5.06. The Balaban J connectivity index is 1.92. The average Bonchev–Trinajstić information content (AvgIpc) is 3.04. The maximum absolute atomic E-state index is 12.5. The van der Waals surface area contributed by atoms with E-state index in [9.17, 15) is 9.59 Å². The molecule has 1 atom stereocenters. The summed E-state index contributed by atoms with van der Waals surface area (Å²) in [4.78, 5) is 25.0. The van der Waals surface area contributed by atoms with Gasteiger partial charge in [-0.1, -0.05) is 18.2 Å². The third-order valence-corrected chi connectivity index (χ3v) is 3.79. The van der Waals surface area contributed by atoms with Crippen LogP contribution in [0.2, 0.25) is 0 Å². The number of para-hydroxylation sites is 1. The number of carbonyl (C=O) groups is 2. The molecule has 1 aliphatic heterocycles. The zero-order valence-corrected chi connectivity index (χ0v) is 11.1. The van der Waals surface area contributed by atoms with Crippen LogP contribution >= 0.6 is 0 Å². The summed E-state index contributed by atoms with van der Waals surface area (Å²) < 4.78 is 1.67. The van der Waals surface area contributed by atoms with E-state index in [4.69, 9.17) is 5.11 Å². The lowest BCUT2D eigenvalue weighted by molar-refractivity contribution is -0.141. The Labute approximate surface area is 115 Å². The highest BCUT2D eigenvalue weighted by Crippen LogP contribution is 2.23. The summed E-state index contributed by atoms with van der Waals surface area (Å²) in [5.41, 5.74) is 1.29. The first-order valence-electron chi connectivity index (χ1n) is 6.51. The molecule has 1 aromatic heterocycles. The zero-order chi connectivity index (χ0) is 14.3. The molecule has 0 radical (unpaired) electrons. The van der Waals surface area contributed by atoms with Gasteiger partial charge in [-0.3, -0.25) is 14.3 Å². The number of likely N-dealkylation sites (tertiary alicyclic amines) is 1. The van der Waals surface area contributed by atoms with Gasteiger partial charge in [0.2, 0.25) is 0 Å². The molecule has 6 heteroatoms. The van der Waals surface area contributed by atoms with Crippen molar-refractivity contribution in [3.8, 4) is 0 Å². The summed E-state index contributed by atoms with van der Waals surface area (Å²) in [6.45, 7) is 0.736. The van der Waals surface area contributed by atoms with E-state index in [1.165, 1.54) is 0 Å². The molecular weight excluding hydrogens is 258 g/mol. The van der Waals surface area contributed by atoms with Gasteiger partial charge in [0.05, 0.1) is 11.4 Å². The van der Waals surface area contributed by atoms with Crippen molar-refractivity contribution in [2.24, 2.45) is 13.0 Å². The fourth-order valence-corrected chi connectivity index (χ4v) is 2.67. The molecule has 1 saturated heterocycles. The van der Waals surface area contributed by atoms with Crippen LogP contribution in [0.5, 0.6) is 0 Å². The van der Waals surface area contributed by atoms with E-state index in [1.54, 1.807) is 16.6 Å². The Bertz CT molecular complexity index is 692. The lowest BCUT2D eigenvalue weighted by Crippen LogP contribution is -2.30. The molecule has 20 heavy (non-hydrogen) atoms. The fourth-order valence-electron chi connectivity index (χ4n) is 2.67. The predicted molar refractivity (Wildman–Crippen MR) is 72.4 cm³/mol. The van der Waals surface area contributed by atoms with E-state index >= 15 is 0 Å². The number of aryl methyl sites for hydroxylation is 1. The molecule has 6 nitrogen and oxygen atoms in total. The number of aromatic nitrogens is 2. The molecule has 1 aliphatic rings. The smallest absolute Gasteiger partial charge is 0.308 e. The van der Waals surface area contributed by atoms with Crippen LogP contribution in [-0.4, -0.2) is 44.8 Å². The van der Waals surface area contributed by atoms with Gasteiger partial charge in [0.15, 0.2) is 5.69 Å². The highest BCUT2D eigenvalue weighted by molar-refractivity contribution is 6.05. The summed E-state index contributed by atoms with van der Waals surface area (Å²) in [6, 6.07) is 7.53. The lowest BCUT2D eigenvalue weighted by atomic mass is 10.1. The Hall–Kier alpha value is -2.37. The van der Waals surface area contributed by atoms with Gasteiger partial charge >= 0.3 is 5.97 Å². The van der Waals surface area contributed by atoms with Gasteiger partial charge in [0, 0.05) is 25.5 Å². The maximum atomic E-state index is 12.5. The third kappa shape index (κ3) is 1.93. The average molecular weight is 273 g/mol. The highest BCUT2D eigenvalue weighted by atomic mass is 16.4. The van der Waals surface area contributed by atoms with Crippen molar-refractivity contribution < 1.29 is 14.7 Å². The molecule has 0 bridgehead atoms. The number of carboxylic acid groups (broad SMARTS) is 1. The van der Waals surface area contributed by atoms with E-state index in [2.05, 4.69) is 5.10 Å². The van der Waals surface area contributed by atoms with Crippen molar-refractivity contribution in [1.82, 2.24) is 14.7 Å². The molecule has 0 unspecified atom stereocenters. The Morgan fingerprint density at radius 1 is 1.35 bits per heavy atom. The van der Waals surface area contributed by atoms with E-state index in [1.807, 2.05) is 24.3 Å². The van der Waals surface area contributed by atoms with Crippen molar-refractivity contribution in [2.45, 2.75) is 6.42 Å². The van der Waals surface area contributed by atoms with Crippen LogP contribution in [0.4, 0.5) is 0 Å². The number of benzene rings is 1. The fraction of sp³-hybridized carbons (Fsp3) is 0.357. The molecular formula is C14H15N3O3. The van der Waals surface area contributed by atoms with Gasteiger partial charge in [-0.2, -0.15) is 5.10 Å². The van der Waals surface area contributed by atoms with Crippen LogP contribution in [0.25, 0.3) is 10.9 Å². The van der Waals surface area contributed by atoms with Gasteiger partial charge in [0.25, 0.3) is 5.91 Å². The van der Waals surface area contributed by atoms with Crippen molar-refractivity contribution in [3.05, 3.63) is 30.0 Å². The minimum atomic E-state index is -0.842. The molecule has 1 fully saturated rings. The Kier molecular flexibility index (Phi) is 2.93. The van der Waals surface area contributed by atoms with Crippen LogP contribution in [0, 0.1) is 5.92 Å². The van der Waals surface area contributed by atoms with Gasteiger partial charge in [0.1, 0.15) is 0 Å². The standard InChI is InChI=1S/C14H15N3O3/c1-16-11-5-3-2-4-10(11)12(15-16)13(18)17-7-6-9(8-17)14(19)20/h2-5,9H,6-8H2,1H3,(H,19,20)/t9-/m1/s1. The van der Waals surface area contributed by atoms with Crippen molar-refractivity contribution >= 4 is 22.8 Å². The molecule has 2 heterocycles. The van der Waals surface area contributed by atoms with Crippen LogP contribution < -0.4 is 0 Å². The largest absolute Gasteiger partial charge is 0.481 e. The number of carboxylic acids is 1. The van der Waals surface area contributed by atoms with Crippen molar-refractivity contribution in [3.63, 3.8) is 0 Å². The number of aliphatic carboxylic acids is 1. The van der Waals surface area contributed by atoms with Crippen LogP contribution in [0.1, 0.15) is 16.9 Å². The van der Waals surface area contributed by atoms with E-state index < -0.39 is 11.9 Å². The number of carbonyl (C=O) groups excluding carboxylic acids is 1. The predicted octanol–water partition coefficient (Wildman–Crippen LogP) is 1.12. The van der Waals surface area contributed by atoms with Crippen molar-refractivity contribution in [1.29, 1.82) is 0 Å². The molecule has 104 valence electrons. The number of amides is 1. The Morgan fingerprint density at radius 3 is 2.80 bits per heavy atom. The van der Waals surface area contributed by atoms with E-state index in [0.717, 1.165) is 10.9 Å². The van der Waals surface area contributed by atoms with E-state index in [-0.39, 0.29) is 12.5 Å². The molecule has 1 amide bonds. The van der Waals surface area contributed by atoms with Crippen LogP contribution in [0.3, 0.4) is 0 Å². The molecule has 1 aromatic carbocycles. The molecule has 0 spiro atoms. The zero-order valence-electron chi connectivity index (χ0n) is 11.1. The lowest BCUT2D eigenvalue weighted by Gasteiger charge is -2.14. The quantitative estimate of drug-likeness (QED) is 0.889. The summed E-state index contributed by atoms with van der Waals surface area (Å²) in [7, 11) is 1.79. The van der Waals surface area contributed by atoms with E-state index in [0.29, 0.717) is 18.7 Å². The molecule has 1 N–H and O–H groups in total. The summed E-state index contributed by atoms with van der Waals surface area (Å²) in [5, 5.41) is 14.1. The SMILES string of the molecule is Cn1nc(C(=O)N2CC[C@@H](C(=O)O)C2)c2ccccc21. The number of hydrogen-bond acceptors (Lipinski definition) is 3. The minimum absolute atomic E-state index is 0.189. The van der Waals surface area contributed by atoms with Gasteiger partial charge in [-0.25, -0.2) is 0 Å². The summed E-state index contributed by atoms with van der Waals surface area (Å²) in [6.07, 6.45) is 0.506. The summed E-state index contributed by atoms with van der Waals surface area (Å²) >= 11 is 0. The summed E-state index contributed by atoms with van der Waals surface area (Å²) in [5.74, 6) is -1.49. The molecule has 3 rings (SSSR count). The molecule has 0 aliphatic carbocycles. The third-order valence-electron chi connectivity index (χ3n) is 3.79. The molecule has 2 aromatic rings. The van der Waals surface area contributed by atoms with Gasteiger partial charge < -0.3 is 10.0 Å². The second kappa shape index (κ2) is 4.63. The number of nitrogens with zero attached hydrogens (tertiary/aromatic N) is 3. The first-order valence-corrected chi connectivity index (χ1v) is 6.51. The van der Waals surface area contributed by atoms with Gasteiger partial charge in [-0.15, -0.1) is 0 Å². The topological polar surface area (TPSA) is 75.4 Å². The maximum Gasteiger partial charge on any atom is 0.308 e. The normalized spacial score (nSPS) is 18.6. The number of hydrogen-bond donors (Lipinski definition) is 1. The van der Waals surface area contributed by atoms with Gasteiger partial charge in [-0.05, 0) is 12.5 Å². The second-order valence-electron chi connectivity index (χ2n) is 5.06. The van der Waals surface area contributed by atoms with Crippen LogP contribution in [-0.2, 0) is 11.8 Å². The van der Waals surface area contributed by atoms with Crippen LogP contribution in [0.15, 0.2) is 24.3 Å².